The van der Waals surface area contributed by atoms with Crippen molar-refractivity contribution in [2.24, 2.45) is 0 Å². The molecule has 34 heavy (non-hydrogen) atoms. The van der Waals surface area contributed by atoms with E-state index in [0.717, 1.165) is 29.0 Å². The Morgan fingerprint density at radius 1 is 1.06 bits per heavy atom. The molecule has 1 N–H and O–H groups in total. The van der Waals surface area contributed by atoms with Crippen molar-refractivity contribution in [1.82, 2.24) is 10.3 Å². The summed E-state index contributed by atoms with van der Waals surface area (Å²) in [6.07, 6.45) is 1.66. The van der Waals surface area contributed by atoms with Crippen LogP contribution in [0.5, 0.6) is 0 Å². The molecule has 0 aliphatic heterocycles. The molecule has 182 valence electrons. The number of aryl methyl sites for hydroxylation is 3. The van der Waals surface area contributed by atoms with Crippen molar-refractivity contribution in [3.05, 3.63) is 76.6 Å². The molecule has 0 aliphatic rings. The van der Waals surface area contributed by atoms with E-state index < -0.39 is 11.6 Å². The van der Waals surface area contributed by atoms with Gasteiger partial charge in [-0.05, 0) is 49.9 Å². The van der Waals surface area contributed by atoms with Gasteiger partial charge in [-0.15, -0.1) is 3.96 Å². The summed E-state index contributed by atoms with van der Waals surface area (Å²) in [5.41, 5.74) is 2.16. The van der Waals surface area contributed by atoms with E-state index >= 15 is 0 Å². The number of carbonyl (C=O) groups excluding carboxylic acids is 2. The van der Waals surface area contributed by atoms with E-state index in [1.807, 2.05) is 82.3 Å². The van der Waals surface area contributed by atoms with Gasteiger partial charge < -0.3 is 17.7 Å². The Bertz CT molecular complexity index is 1110. The molecule has 8 heteroatoms. The van der Waals surface area contributed by atoms with Gasteiger partial charge in [-0.3, -0.25) is 4.79 Å². The van der Waals surface area contributed by atoms with E-state index in [4.69, 9.17) is 0 Å². The van der Waals surface area contributed by atoms with Crippen LogP contribution in [0.1, 0.15) is 62.1 Å². The maximum Gasteiger partial charge on any atom is 0.459 e. The van der Waals surface area contributed by atoms with Crippen molar-refractivity contribution in [3.63, 3.8) is 0 Å². The molecule has 2 amide bonds. The summed E-state index contributed by atoms with van der Waals surface area (Å²) >= 11 is 1.28. The molecular weight excluding hydrogens is 468 g/mol. The number of nitrogens with one attached hydrogen (secondary N) is 1. The van der Waals surface area contributed by atoms with Crippen LogP contribution in [-0.4, -0.2) is 22.5 Å². The molecule has 1 unspecified atom stereocenters. The van der Waals surface area contributed by atoms with E-state index in [1.165, 1.54) is 11.5 Å². The Morgan fingerprint density at radius 2 is 1.68 bits per heavy atom. The quantitative estimate of drug-likeness (QED) is 0.505. The van der Waals surface area contributed by atoms with E-state index in [1.54, 1.807) is 15.8 Å². The van der Waals surface area contributed by atoms with Crippen molar-refractivity contribution in [3.8, 4) is 0 Å². The SMILES string of the molecule is CCc1ccc(N(C(=O)[n+]2sc(C)nc2C)C(C(=O)NC(C)(C)CC)c2ccccc2)cc1.[Cl-]. The topological polar surface area (TPSA) is 66.2 Å². The lowest BCUT2D eigenvalue weighted by Gasteiger charge is -2.31. The van der Waals surface area contributed by atoms with E-state index in [2.05, 4.69) is 17.2 Å². The van der Waals surface area contributed by atoms with Gasteiger partial charge in [0.2, 0.25) is 0 Å². The molecule has 0 saturated carbocycles. The molecule has 6 nitrogen and oxygen atoms in total. The van der Waals surface area contributed by atoms with Crippen molar-refractivity contribution >= 4 is 29.2 Å². The van der Waals surface area contributed by atoms with Crippen molar-refractivity contribution in [2.75, 3.05) is 4.90 Å². The molecule has 0 saturated heterocycles. The third-order valence-corrected chi connectivity index (χ3v) is 6.76. The van der Waals surface area contributed by atoms with Crippen LogP contribution < -0.4 is 26.6 Å². The van der Waals surface area contributed by atoms with Gasteiger partial charge in [0.15, 0.2) is 11.0 Å². The minimum Gasteiger partial charge on any atom is -1.00 e. The first-order valence-electron chi connectivity index (χ1n) is 11.3. The molecule has 0 bridgehead atoms. The summed E-state index contributed by atoms with van der Waals surface area (Å²) in [5, 5.41) is 3.94. The highest BCUT2D eigenvalue weighted by Crippen LogP contribution is 2.29. The number of benzene rings is 2. The molecule has 0 fully saturated rings. The third-order valence-electron chi connectivity index (χ3n) is 5.81. The van der Waals surface area contributed by atoms with Crippen LogP contribution in [0.4, 0.5) is 10.5 Å². The summed E-state index contributed by atoms with van der Waals surface area (Å²) in [6, 6.07) is 16.1. The zero-order valence-corrected chi connectivity index (χ0v) is 22.2. The monoisotopic (exact) mass is 500 g/mol. The summed E-state index contributed by atoms with van der Waals surface area (Å²) < 4.78 is 1.55. The molecule has 0 radical (unpaired) electrons. The molecule has 1 heterocycles. The van der Waals surface area contributed by atoms with Gasteiger partial charge in [-0.25, -0.2) is 9.69 Å². The number of carbonyl (C=O) groups is 2. The fourth-order valence-corrected chi connectivity index (χ4v) is 4.35. The lowest BCUT2D eigenvalue weighted by Crippen LogP contribution is -3.00. The summed E-state index contributed by atoms with van der Waals surface area (Å²) in [7, 11) is 0. The van der Waals surface area contributed by atoms with Crippen molar-refractivity contribution in [1.29, 1.82) is 0 Å². The standard InChI is InChI=1S/C26H32N4O2S.ClH/c1-7-20-14-16-22(17-15-20)29(25(32)30-18(3)27-19(4)33-30)23(21-12-10-9-11-13-21)24(31)28-26(5,6)8-2;/h9-17,23H,7-8H2,1-6H3;1H. The second kappa shape index (κ2) is 11.6. The number of anilines is 1. The Morgan fingerprint density at radius 3 is 2.18 bits per heavy atom. The zero-order valence-electron chi connectivity index (χ0n) is 20.6. The average Bonchev–Trinajstić information content (AvgIpc) is 3.15. The fourth-order valence-electron chi connectivity index (χ4n) is 3.57. The largest absolute Gasteiger partial charge is 1.00 e. The predicted molar refractivity (Wildman–Crippen MR) is 133 cm³/mol. The normalized spacial score (nSPS) is 11.9. The van der Waals surface area contributed by atoms with Crippen LogP contribution >= 0.6 is 11.5 Å². The summed E-state index contributed by atoms with van der Waals surface area (Å²) in [6.45, 7) is 11.8. The Kier molecular flexibility index (Phi) is 9.36. The van der Waals surface area contributed by atoms with E-state index in [-0.39, 0.29) is 24.3 Å². The van der Waals surface area contributed by atoms with Crippen molar-refractivity contribution < 1.29 is 26.0 Å². The first kappa shape index (κ1) is 27.5. The fraction of sp³-hybridized carbons (Fsp3) is 0.385. The van der Waals surface area contributed by atoms with Gasteiger partial charge >= 0.3 is 6.03 Å². The Labute approximate surface area is 212 Å². The first-order chi connectivity index (χ1) is 15.7. The Balaban J connectivity index is 0.00000408. The number of nitrogens with zero attached hydrogens (tertiary/aromatic N) is 3. The highest BCUT2D eigenvalue weighted by Gasteiger charge is 2.41. The first-order valence-corrected chi connectivity index (χ1v) is 12.1. The van der Waals surface area contributed by atoms with Crippen LogP contribution in [0.3, 0.4) is 0 Å². The smallest absolute Gasteiger partial charge is 0.459 e. The van der Waals surface area contributed by atoms with Crippen LogP contribution in [0.2, 0.25) is 0 Å². The molecule has 3 aromatic rings. The van der Waals surface area contributed by atoms with Crippen LogP contribution in [0.25, 0.3) is 0 Å². The molecule has 0 spiro atoms. The van der Waals surface area contributed by atoms with Crippen LogP contribution in [0, 0.1) is 13.8 Å². The van der Waals surface area contributed by atoms with Gasteiger partial charge in [0.05, 0.1) is 11.5 Å². The number of hydrogen-bond acceptors (Lipinski definition) is 4. The average molecular weight is 501 g/mol. The number of rotatable bonds is 7. The number of hydrogen-bond donors (Lipinski definition) is 1. The van der Waals surface area contributed by atoms with E-state index in [9.17, 15) is 9.59 Å². The molecule has 0 aliphatic carbocycles. The number of amides is 2. The van der Waals surface area contributed by atoms with Gasteiger partial charge in [-0.2, -0.15) is 0 Å². The van der Waals surface area contributed by atoms with Crippen LogP contribution in [0.15, 0.2) is 54.6 Å². The van der Waals surface area contributed by atoms with Gasteiger partial charge in [0.1, 0.15) is 5.69 Å². The summed E-state index contributed by atoms with van der Waals surface area (Å²) in [4.78, 5) is 33.7. The lowest BCUT2D eigenvalue weighted by atomic mass is 9.98. The molecule has 1 atom stereocenters. The van der Waals surface area contributed by atoms with Gasteiger partial charge in [0, 0.05) is 19.4 Å². The highest BCUT2D eigenvalue weighted by molar-refractivity contribution is 7.01. The highest BCUT2D eigenvalue weighted by atomic mass is 35.5. The maximum absolute atomic E-state index is 14.0. The van der Waals surface area contributed by atoms with Crippen LogP contribution in [-0.2, 0) is 11.2 Å². The van der Waals surface area contributed by atoms with Gasteiger partial charge in [0.25, 0.3) is 11.7 Å². The second-order valence-electron chi connectivity index (χ2n) is 8.78. The molecule has 2 aromatic carbocycles. The lowest BCUT2D eigenvalue weighted by molar-refractivity contribution is -0.505. The minimum absolute atomic E-state index is 0. The maximum atomic E-state index is 14.0. The molecule has 3 rings (SSSR count). The van der Waals surface area contributed by atoms with E-state index in [0.29, 0.717) is 11.5 Å². The van der Waals surface area contributed by atoms with Crippen molar-refractivity contribution in [2.45, 2.75) is 66.0 Å². The predicted octanol–water partition coefficient (Wildman–Crippen LogP) is 2.13. The molecular formula is C26H33ClN4O2S. The minimum atomic E-state index is -0.841. The zero-order chi connectivity index (χ0) is 24.2. The van der Waals surface area contributed by atoms with Gasteiger partial charge in [-0.1, -0.05) is 61.3 Å². The third kappa shape index (κ3) is 6.21. The second-order valence-corrected chi connectivity index (χ2v) is 9.91. The molecule has 1 aromatic heterocycles. The summed E-state index contributed by atoms with van der Waals surface area (Å²) in [5.74, 6) is 0.374. The Hall–Kier alpha value is -2.77. The number of halogens is 1. The number of aromatic nitrogens is 2.